The normalized spacial score (nSPS) is 18.7. The van der Waals surface area contributed by atoms with Gasteiger partial charge in [-0.25, -0.2) is 0 Å². The minimum atomic E-state index is 0.493. The standard InChI is InChI=1S/C15H16BrNS/c1-9-3-4-11(7-13(9)16)15-8-12-10(2)17-6-5-14(12)18-15/h3-4,7-8,10,17H,5-6H2,1-2H3. The molecule has 2 aromatic rings. The summed E-state index contributed by atoms with van der Waals surface area (Å²) in [5.74, 6) is 0. The lowest BCUT2D eigenvalue weighted by Crippen LogP contribution is -2.26. The molecule has 0 fully saturated rings. The molecule has 0 saturated carbocycles. The smallest absolute Gasteiger partial charge is 0.0349 e. The SMILES string of the molecule is Cc1ccc(-c2cc3c(s2)CCNC3C)cc1Br. The average Bonchev–Trinajstić information content (AvgIpc) is 2.78. The quantitative estimate of drug-likeness (QED) is 0.803. The molecule has 0 bridgehead atoms. The van der Waals surface area contributed by atoms with Gasteiger partial charge in [0.15, 0.2) is 0 Å². The summed E-state index contributed by atoms with van der Waals surface area (Å²) >= 11 is 5.57. The van der Waals surface area contributed by atoms with Crippen molar-refractivity contribution in [1.29, 1.82) is 0 Å². The van der Waals surface area contributed by atoms with Crippen LogP contribution in [0.1, 0.15) is 29.0 Å². The number of fused-ring (bicyclic) bond motifs is 1. The third kappa shape index (κ3) is 2.15. The zero-order valence-corrected chi connectivity index (χ0v) is 13.0. The summed E-state index contributed by atoms with van der Waals surface area (Å²) < 4.78 is 1.19. The molecule has 3 rings (SSSR count). The van der Waals surface area contributed by atoms with Gasteiger partial charge in [0.2, 0.25) is 0 Å². The second-order valence-corrected chi connectivity index (χ2v) is 6.87. The van der Waals surface area contributed by atoms with Crippen molar-refractivity contribution in [2.75, 3.05) is 6.54 Å². The van der Waals surface area contributed by atoms with E-state index >= 15 is 0 Å². The Kier molecular flexibility index (Phi) is 3.31. The van der Waals surface area contributed by atoms with E-state index in [1.54, 1.807) is 4.88 Å². The molecule has 1 N–H and O–H groups in total. The van der Waals surface area contributed by atoms with Crippen molar-refractivity contribution in [2.24, 2.45) is 0 Å². The monoisotopic (exact) mass is 321 g/mol. The van der Waals surface area contributed by atoms with Gasteiger partial charge in [-0.15, -0.1) is 11.3 Å². The first-order chi connectivity index (χ1) is 8.65. The fourth-order valence-corrected chi connectivity index (χ4v) is 4.04. The predicted molar refractivity (Wildman–Crippen MR) is 82.3 cm³/mol. The maximum Gasteiger partial charge on any atom is 0.0349 e. The van der Waals surface area contributed by atoms with Crippen molar-refractivity contribution >= 4 is 27.3 Å². The van der Waals surface area contributed by atoms with Gasteiger partial charge in [0.1, 0.15) is 0 Å². The molecule has 0 radical (unpaired) electrons. The van der Waals surface area contributed by atoms with Crippen LogP contribution in [0, 0.1) is 6.92 Å². The highest BCUT2D eigenvalue weighted by Gasteiger charge is 2.19. The molecular weight excluding hydrogens is 306 g/mol. The first kappa shape index (κ1) is 12.4. The first-order valence-corrected chi connectivity index (χ1v) is 7.88. The Bertz CT molecular complexity index is 588. The van der Waals surface area contributed by atoms with E-state index < -0.39 is 0 Å². The fourth-order valence-electron chi connectivity index (χ4n) is 2.41. The molecule has 1 aliphatic heterocycles. The number of aryl methyl sites for hydroxylation is 1. The minimum Gasteiger partial charge on any atom is -0.310 e. The highest BCUT2D eigenvalue weighted by Crippen LogP contribution is 2.37. The van der Waals surface area contributed by atoms with Crippen LogP contribution in [0.5, 0.6) is 0 Å². The molecule has 1 atom stereocenters. The van der Waals surface area contributed by atoms with Crippen LogP contribution in [-0.4, -0.2) is 6.54 Å². The van der Waals surface area contributed by atoms with Gasteiger partial charge in [-0.05, 0) is 49.1 Å². The molecule has 0 spiro atoms. The average molecular weight is 322 g/mol. The molecule has 0 saturated heterocycles. The summed E-state index contributed by atoms with van der Waals surface area (Å²) in [6, 6.07) is 9.47. The van der Waals surface area contributed by atoms with E-state index in [4.69, 9.17) is 0 Å². The van der Waals surface area contributed by atoms with Crippen LogP contribution in [0.2, 0.25) is 0 Å². The number of nitrogens with one attached hydrogen (secondary N) is 1. The maximum absolute atomic E-state index is 3.62. The van der Waals surface area contributed by atoms with E-state index in [1.165, 1.54) is 26.0 Å². The second-order valence-electron chi connectivity index (χ2n) is 4.88. The molecule has 1 nitrogen and oxygen atoms in total. The number of rotatable bonds is 1. The highest BCUT2D eigenvalue weighted by molar-refractivity contribution is 9.10. The van der Waals surface area contributed by atoms with E-state index in [0.717, 1.165) is 13.0 Å². The molecule has 1 aliphatic rings. The Labute approximate surface area is 120 Å². The van der Waals surface area contributed by atoms with Crippen molar-refractivity contribution in [1.82, 2.24) is 5.32 Å². The number of thiophene rings is 1. The lowest BCUT2D eigenvalue weighted by Gasteiger charge is -2.19. The van der Waals surface area contributed by atoms with Crippen LogP contribution in [0.4, 0.5) is 0 Å². The van der Waals surface area contributed by atoms with Crippen LogP contribution in [-0.2, 0) is 6.42 Å². The van der Waals surface area contributed by atoms with Crippen LogP contribution in [0.25, 0.3) is 10.4 Å². The largest absolute Gasteiger partial charge is 0.310 e. The lowest BCUT2D eigenvalue weighted by molar-refractivity contribution is 0.547. The molecule has 94 valence electrons. The van der Waals surface area contributed by atoms with Crippen molar-refractivity contribution < 1.29 is 0 Å². The van der Waals surface area contributed by atoms with Crippen molar-refractivity contribution in [3.8, 4) is 10.4 Å². The Hall–Kier alpha value is -0.640. The second kappa shape index (κ2) is 4.80. The molecule has 1 aromatic heterocycles. The van der Waals surface area contributed by atoms with Gasteiger partial charge in [0.25, 0.3) is 0 Å². The molecule has 1 unspecified atom stereocenters. The lowest BCUT2D eigenvalue weighted by atomic mass is 10.0. The number of halogens is 1. The van der Waals surface area contributed by atoms with Crippen LogP contribution < -0.4 is 5.32 Å². The summed E-state index contributed by atoms with van der Waals surface area (Å²) in [7, 11) is 0. The molecule has 1 aromatic carbocycles. The third-order valence-corrected chi connectivity index (χ3v) is 5.68. The van der Waals surface area contributed by atoms with E-state index in [-0.39, 0.29) is 0 Å². The number of benzene rings is 1. The maximum atomic E-state index is 3.62. The van der Waals surface area contributed by atoms with E-state index in [0.29, 0.717) is 6.04 Å². The van der Waals surface area contributed by atoms with Crippen molar-refractivity contribution in [3.63, 3.8) is 0 Å². The molecule has 0 aliphatic carbocycles. The van der Waals surface area contributed by atoms with E-state index in [9.17, 15) is 0 Å². The molecular formula is C15H16BrNS. The Morgan fingerprint density at radius 3 is 2.89 bits per heavy atom. The summed E-state index contributed by atoms with van der Waals surface area (Å²) in [4.78, 5) is 2.93. The van der Waals surface area contributed by atoms with Gasteiger partial charge in [-0.3, -0.25) is 0 Å². The zero-order valence-electron chi connectivity index (χ0n) is 10.6. The fraction of sp³-hybridized carbons (Fsp3) is 0.333. The predicted octanol–water partition coefficient (Wildman–Crippen LogP) is 4.69. The van der Waals surface area contributed by atoms with Gasteiger partial charge in [-0.2, -0.15) is 0 Å². The molecule has 2 heterocycles. The van der Waals surface area contributed by atoms with Gasteiger partial charge < -0.3 is 5.32 Å². The minimum absolute atomic E-state index is 0.493. The van der Waals surface area contributed by atoms with Crippen LogP contribution in [0.15, 0.2) is 28.7 Å². The molecule has 3 heteroatoms. The Balaban J connectivity index is 2.04. The van der Waals surface area contributed by atoms with E-state index in [1.807, 2.05) is 11.3 Å². The third-order valence-electron chi connectivity index (χ3n) is 3.57. The van der Waals surface area contributed by atoms with Crippen molar-refractivity contribution in [3.05, 3.63) is 44.7 Å². The Morgan fingerprint density at radius 2 is 2.17 bits per heavy atom. The van der Waals surface area contributed by atoms with Gasteiger partial charge in [0.05, 0.1) is 0 Å². The van der Waals surface area contributed by atoms with Gasteiger partial charge in [-0.1, -0.05) is 28.1 Å². The summed E-state index contributed by atoms with van der Waals surface area (Å²) in [5, 5.41) is 3.52. The summed E-state index contributed by atoms with van der Waals surface area (Å²) in [6.45, 7) is 5.48. The van der Waals surface area contributed by atoms with Crippen LogP contribution >= 0.6 is 27.3 Å². The topological polar surface area (TPSA) is 12.0 Å². The van der Waals surface area contributed by atoms with Crippen LogP contribution in [0.3, 0.4) is 0 Å². The zero-order chi connectivity index (χ0) is 12.7. The Morgan fingerprint density at radius 1 is 1.33 bits per heavy atom. The molecule has 0 amide bonds. The van der Waals surface area contributed by atoms with E-state index in [2.05, 4.69) is 59.4 Å². The summed E-state index contributed by atoms with van der Waals surface area (Å²) in [5.41, 5.74) is 4.09. The van der Waals surface area contributed by atoms with Gasteiger partial charge >= 0.3 is 0 Å². The van der Waals surface area contributed by atoms with Gasteiger partial charge in [0, 0.05) is 26.8 Å². The number of hydrogen-bond acceptors (Lipinski definition) is 2. The molecule has 18 heavy (non-hydrogen) atoms. The van der Waals surface area contributed by atoms with Crippen molar-refractivity contribution in [2.45, 2.75) is 26.3 Å². The summed E-state index contributed by atoms with van der Waals surface area (Å²) in [6.07, 6.45) is 1.16. The first-order valence-electron chi connectivity index (χ1n) is 6.27. The highest BCUT2D eigenvalue weighted by atomic mass is 79.9. The number of hydrogen-bond donors (Lipinski definition) is 1.